The van der Waals surface area contributed by atoms with Gasteiger partial charge in [0.1, 0.15) is 0 Å². The normalized spacial score (nSPS) is 13.5. The molecule has 0 fully saturated rings. The van der Waals surface area contributed by atoms with Crippen molar-refractivity contribution in [2.24, 2.45) is 11.8 Å². The first-order valence-electron chi connectivity index (χ1n) is 8.14. The molecule has 0 saturated carbocycles. The number of benzene rings is 1. The van der Waals surface area contributed by atoms with Crippen LogP contribution in [0.1, 0.15) is 39.3 Å². The predicted octanol–water partition coefficient (Wildman–Crippen LogP) is 2.76. The average molecular weight is 322 g/mol. The van der Waals surface area contributed by atoms with Gasteiger partial charge in [0, 0.05) is 12.5 Å². The van der Waals surface area contributed by atoms with E-state index in [2.05, 4.69) is 24.5 Å². The Morgan fingerprint density at radius 1 is 1.17 bits per heavy atom. The van der Waals surface area contributed by atoms with Crippen LogP contribution in [0.15, 0.2) is 18.2 Å². The summed E-state index contributed by atoms with van der Waals surface area (Å²) in [5.41, 5.74) is 0.990. The number of carbonyl (C=O) groups is 1. The molecule has 0 aromatic heterocycles. The lowest BCUT2D eigenvalue weighted by Crippen LogP contribution is -2.35. The summed E-state index contributed by atoms with van der Waals surface area (Å²) in [6, 6.07) is 5.70. The van der Waals surface area contributed by atoms with Crippen LogP contribution in [0.4, 0.5) is 0 Å². The highest BCUT2D eigenvalue weighted by Crippen LogP contribution is 2.30. The molecule has 2 atom stereocenters. The molecular formula is C18H30N2O3. The van der Waals surface area contributed by atoms with Crippen LogP contribution >= 0.6 is 0 Å². The van der Waals surface area contributed by atoms with Gasteiger partial charge in [-0.3, -0.25) is 4.79 Å². The van der Waals surface area contributed by atoms with E-state index in [-0.39, 0.29) is 17.9 Å². The minimum absolute atomic E-state index is 0.0333. The van der Waals surface area contributed by atoms with E-state index in [1.165, 1.54) is 0 Å². The fourth-order valence-electron chi connectivity index (χ4n) is 2.17. The second-order valence-electron chi connectivity index (χ2n) is 6.30. The molecular weight excluding hydrogens is 292 g/mol. The smallest absolute Gasteiger partial charge is 0.224 e. The molecule has 0 spiro atoms. The zero-order valence-electron chi connectivity index (χ0n) is 15.1. The minimum Gasteiger partial charge on any atom is -0.493 e. The molecule has 5 nitrogen and oxygen atoms in total. The SMILES string of the molecule is CNCC(C)C(=O)NC(C)c1ccc(OCC(C)C)c(OC)c1. The first kappa shape index (κ1) is 19.3. The van der Waals surface area contributed by atoms with Crippen molar-refractivity contribution in [1.82, 2.24) is 10.6 Å². The zero-order chi connectivity index (χ0) is 17.4. The largest absolute Gasteiger partial charge is 0.493 e. The summed E-state index contributed by atoms with van der Waals surface area (Å²) in [5, 5.41) is 6.04. The van der Waals surface area contributed by atoms with Crippen molar-refractivity contribution in [2.75, 3.05) is 27.3 Å². The lowest BCUT2D eigenvalue weighted by molar-refractivity contribution is -0.125. The number of hydrogen-bond donors (Lipinski definition) is 2. The van der Waals surface area contributed by atoms with Gasteiger partial charge in [-0.1, -0.05) is 26.8 Å². The lowest BCUT2D eigenvalue weighted by atomic mass is 10.1. The van der Waals surface area contributed by atoms with Gasteiger partial charge in [-0.2, -0.15) is 0 Å². The summed E-state index contributed by atoms with van der Waals surface area (Å²) >= 11 is 0. The van der Waals surface area contributed by atoms with Crippen molar-refractivity contribution in [3.63, 3.8) is 0 Å². The Bertz CT molecular complexity index is 503. The molecule has 0 bridgehead atoms. The monoisotopic (exact) mass is 322 g/mol. The molecule has 23 heavy (non-hydrogen) atoms. The molecule has 130 valence electrons. The van der Waals surface area contributed by atoms with Crippen molar-refractivity contribution in [2.45, 2.75) is 33.7 Å². The van der Waals surface area contributed by atoms with E-state index in [1.807, 2.05) is 39.1 Å². The molecule has 0 aliphatic carbocycles. The van der Waals surface area contributed by atoms with Gasteiger partial charge in [0.15, 0.2) is 11.5 Å². The highest BCUT2D eigenvalue weighted by Gasteiger charge is 2.17. The van der Waals surface area contributed by atoms with E-state index in [4.69, 9.17) is 9.47 Å². The van der Waals surface area contributed by atoms with E-state index in [9.17, 15) is 4.79 Å². The predicted molar refractivity (Wildman–Crippen MR) is 93.0 cm³/mol. The Hall–Kier alpha value is -1.75. The molecule has 0 heterocycles. The number of nitrogens with one attached hydrogen (secondary N) is 2. The van der Waals surface area contributed by atoms with Crippen molar-refractivity contribution in [3.8, 4) is 11.5 Å². The van der Waals surface area contributed by atoms with Gasteiger partial charge in [0.05, 0.1) is 19.8 Å². The molecule has 0 aliphatic rings. The molecule has 5 heteroatoms. The molecule has 1 aromatic carbocycles. The summed E-state index contributed by atoms with van der Waals surface area (Å²) in [4.78, 5) is 12.1. The Kier molecular flexibility index (Phi) is 7.89. The van der Waals surface area contributed by atoms with E-state index < -0.39 is 0 Å². The summed E-state index contributed by atoms with van der Waals surface area (Å²) in [6.45, 7) is 9.37. The summed E-state index contributed by atoms with van der Waals surface area (Å²) < 4.78 is 11.2. The van der Waals surface area contributed by atoms with Crippen LogP contribution in [-0.4, -0.2) is 33.2 Å². The molecule has 0 radical (unpaired) electrons. The lowest BCUT2D eigenvalue weighted by Gasteiger charge is -2.19. The number of hydrogen-bond acceptors (Lipinski definition) is 4. The average Bonchev–Trinajstić information content (AvgIpc) is 2.52. The Labute approximate surface area is 139 Å². The Morgan fingerprint density at radius 2 is 1.87 bits per heavy atom. The molecule has 1 rings (SSSR count). The Balaban J connectivity index is 2.77. The van der Waals surface area contributed by atoms with E-state index in [0.29, 0.717) is 24.8 Å². The van der Waals surface area contributed by atoms with Gasteiger partial charge in [0.25, 0.3) is 0 Å². The first-order chi connectivity index (χ1) is 10.9. The fourth-order valence-corrected chi connectivity index (χ4v) is 2.17. The third-order valence-electron chi connectivity index (χ3n) is 3.58. The van der Waals surface area contributed by atoms with Gasteiger partial charge in [0.2, 0.25) is 5.91 Å². The maximum atomic E-state index is 12.1. The van der Waals surface area contributed by atoms with Crippen molar-refractivity contribution >= 4 is 5.91 Å². The van der Waals surface area contributed by atoms with E-state index in [0.717, 1.165) is 11.3 Å². The first-order valence-corrected chi connectivity index (χ1v) is 8.14. The van der Waals surface area contributed by atoms with Crippen LogP contribution in [0, 0.1) is 11.8 Å². The summed E-state index contributed by atoms with van der Waals surface area (Å²) in [5.74, 6) is 1.83. The van der Waals surface area contributed by atoms with Crippen molar-refractivity contribution < 1.29 is 14.3 Å². The van der Waals surface area contributed by atoms with Gasteiger partial charge < -0.3 is 20.1 Å². The zero-order valence-corrected chi connectivity index (χ0v) is 15.1. The quantitative estimate of drug-likeness (QED) is 0.734. The third kappa shape index (κ3) is 6.10. The van der Waals surface area contributed by atoms with Crippen molar-refractivity contribution in [1.29, 1.82) is 0 Å². The van der Waals surface area contributed by atoms with Gasteiger partial charge in [-0.25, -0.2) is 0 Å². The second-order valence-corrected chi connectivity index (χ2v) is 6.30. The fraction of sp³-hybridized carbons (Fsp3) is 0.611. The number of methoxy groups -OCH3 is 1. The van der Waals surface area contributed by atoms with Crippen LogP contribution in [0.3, 0.4) is 0 Å². The van der Waals surface area contributed by atoms with Gasteiger partial charge in [-0.15, -0.1) is 0 Å². The summed E-state index contributed by atoms with van der Waals surface area (Å²) in [6.07, 6.45) is 0. The number of rotatable bonds is 9. The molecule has 2 unspecified atom stereocenters. The topological polar surface area (TPSA) is 59.6 Å². The van der Waals surface area contributed by atoms with Crippen LogP contribution in [0.2, 0.25) is 0 Å². The number of carbonyl (C=O) groups excluding carboxylic acids is 1. The van der Waals surface area contributed by atoms with Gasteiger partial charge in [-0.05, 0) is 37.6 Å². The summed E-state index contributed by atoms with van der Waals surface area (Å²) in [7, 11) is 3.47. The molecule has 0 saturated heterocycles. The molecule has 1 aromatic rings. The van der Waals surface area contributed by atoms with Gasteiger partial charge >= 0.3 is 0 Å². The third-order valence-corrected chi connectivity index (χ3v) is 3.58. The molecule has 2 N–H and O–H groups in total. The van der Waals surface area contributed by atoms with Crippen LogP contribution in [-0.2, 0) is 4.79 Å². The molecule has 1 amide bonds. The van der Waals surface area contributed by atoms with E-state index >= 15 is 0 Å². The standard InChI is InChI=1S/C18H30N2O3/c1-12(2)11-23-16-8-7-15(9-17(16)22-6)14(4)20-18(21)13(3)10-19-5/h7-9,12-14,19H,10-11H2,1-6H3,(H,20,21). The highest BCUT2D eigenvalue weighted by molar-refractivity contribution is 5.79. The maximum Gasteiger partial charge on any atom is 0.224 e. The van der Waals surface area contributed by atoms with Crippen LogP contribution in [0.5, 0.6) is 11.5 Å². The second kappa shape index (κ2) is 9.40. The van der Waals surface area contributed by atoms with Crippen molar-refractivity contribution in [3.05, 3.63) is 23.8 Å². The number of amides is 1. The number of ether oxygens (including phenoxy) is 2. The van der Waals surface area contributed by atoms with E-state index in [1.54, 1.807) is 7.11 Å². The highest BCUT2D eigenvalue weighted by atomic mass is 16.5. The minimum atomic E-state index is -0.0881. The Morgan fingerprint density at radius 3 is 2.43 bits per heavy atom. The van der Waals surface area contributed by atoms with Crippen LogP contribution in [0.25, 0.3) is 0 Å². The maximum absolute atomic E-state index is 12.1. The molecule has 0 aliphatic heterocycles. The van der Waals surface area contributed by atoms with Crippen LogP contribution < -0.4 is 20.1 Å².